The third kappa shape index (κ3) is 3.05. The lowest BCUT2D eigenvalue weighted by Gasteiger charge is -2.02. The molecule has 0 saturated heterocycles. The smallest absolute Gasteiger partial charge is 0.332 e. The zero-order chi connectivity index (χ0) is 11.4. The summed E-state index contributed by atoms with van der Waals surface area (Å²) in [6.45, 7) is 3.34. The van der Waals surface area contributed by atoms with E-state index in [1.54, 1.807) is 26.0 Å². The van der Waals surface area contributed by atoms with Gasteiger partial charge in [0, 0.05) is 0 Å². The molecule has 15 heavy (non-hydrogen) atoms. The van der Waals surface area contributed by atoms with Crippen molar-refractivity contribution < 1.29 is 9.18 Å². The number of nitrogens with one attached hydrogen (secondary N) is 1. The molecule has 2 amide bonds. The van der Waals surface area contributed by atoms with Gasteiger partial charge in [0.1, 0.15) is 5.82 Å². The van der Waals surface area contributed by atoms with Crippen LogP contribution in [0, 0.1) is 19.7 Å². The second kappa shape index (κ2) is 4.54. The first-order chi connectivity index (χ1) is 7.00. The molecule has 0 atom stereocenters. The van der Waals surface area contributed by atoms with E-state index in [4.69, 9.17) is 5.73 Å². The Kier molecular flexibility index (Phi) is 3.38. The van der Waals surface area contributed by atoms with Crippen molar-refractivity contribution in [2.75, 3.05) is 0 Å². The van der Waals surface area contributed by atoms with E-state index in [1.165, 1.54) is 6.21 Å². The summed E-state index contributed by atoms with van der Waals surface area (Å²) in [7, 11) is 0. The predicted octanol–water partition coefficient (Wildman–Crippen LogP) is 1.44. The number of hydrogen-bond donors (Lipinski definition) is 2. The van der Waals surface area contributed by atoms with Gasteiger partial charge in [-0.2, -0.15) is 5.10 Å². The average molecular weight is 209 g/mol. The molecule has 5 heteroatoms. The number of primary amides is 1. The van der Waals surface area contributed by atoms with Crippen LogP contribution in [0.5, 0.6) is 0 Å². The number of benzene rings is 1. The summed E-state index contributed by atoms with van der Waals surface area (Å²) in [5.41, 5.74) is 8.66. The second-order valence-electron chi connectivity index (χ2n) is 3.20. The maximum Gasteiger partial charge on any atom is 0.332 e. The van der Waals surface area contributed by atoms with Crippen LogP contribution in [0.2, 0.25) is 0 Å². The van der Waals surface area contributed by atoms with Crippen molar-refractivity contribution >= 4 is 12.2 Å². The van der Waals surface area contributed by atoms with Gasteiger partial charge < -0.3 is 5.73 Å². The quantitative estimate of drug-likeness (QED) is 0.561. The van der Waals surface area contributed by atoms with Crippen molar-refractivity contribution in [3.8, 4) is 0 Å². The molecule has 0 bridgehead atoms. The third-order valence-electron chi connectivity index (χ3n) is 1.85. The number of halogens is 1. The normalized spacial score (nSPS) is 10.6. The number of hydrazone groups is 1. The Morgan fingerprint density at radius 2 is 2.00 bits per heavy atom. The fourth-order valence-corrected chi connectivity index (χ4v) is 1.22. The number of amides is 2. The molecule has 0 aliphatic carbocycles. The van der Waals surface area contributed by atoms with Gasteiger partial charge in [0.05, 0.1) is 6.21 Å². The van der Waals surface area contributed by atoms with E-state index in [2.05, 4.69) is 10.5 Å². The minimum atomic E-state index is -0.734. The Hall–Kier alpha value is -1.91. The Morgan fingerprint density at radius 1 is 1.47 bits per heavy atom. The Morgan fingerprint density at radius 3 is 2.47 bits per heavy atom. The molecule has 4 nitrogen and oxygen atoms in total. The van der Waals surface area contributed by atoms with Crippen LogP contribution < -0.4 is 11.2 Å². The minimum absolute atomic E-state index is 0.227. The first kappa shape index (κ1) is 11.2. The lowest BCUT2D eigenvalue weighted by Crippen LogP contribution is -2.24. The van der Waals surface area contributed by atoms with E-state index < -0.39 is 6.03 Å². The van der Waals surface area contributed by atoms with E-state index in [1.807, 2.05) is 0 Å². The van der Waals surface area contributed by atoms with Crippen LogP contribution in [0.4, 0.5) is 9.18 Å². The van der Waals surface area contributed by atoms with Gasteiger partial charge in [-0.1, -0.05) is 0 Å². The zero-order valence-corrected chi connectivity index (χ0v) is 8.54. The number of aryl methyl sites for hydroxylation is 2. The Labute approximate surface area is 87.0 Å². The highest BCUT2D eigenvalue weighted by molar-refractivity contribution is 5.82. The lowest BCUT2D eigenvalue weighted by atomic mass is 10.1. The zero-order valence-electron chi connectivity index (χ0n) is 8.54. The van der Waals surface area contributed by atoms with Gasteiger partial charge in [0.15, 0.2) is 0 Å². The first-order valence-corrected chi connectivity index (χ1v) is 4.36. The minimum Gasteiger partial charge on any atom is -0.350 e. The highest BCUT2D eigenvalue weighted by Gasteiger charge is 2.02. The summed E-state index contributed by atoms with van der Waals surface area (Å²) in [5.74, 6) is -0.227. The highest BCUT2D eigenvalue weighted by atomic mass is 19.1. The van der Waals surface area contributed by atoms with Crippen molar-refractivity contribution in [1.29, 1.82) is 0 Å². The summed E-state index contributed by atoms with van der Waals surface area (Å²) >= 11 is 0. The lowest BCUT2D eigenvalue weighted by molar-refractivity contribution is 0.249. The molecule has 0 aromatic heterocycles. The van der Waals surface area contributed by atoms with Gasteiger partial charge in [-0.15, -0.1) is 0 Å². The van der Waals surface area contributed by atoms with Gasteiger partial charge in [-0.25, -0.2) is 14.6 Å². The fraction of sp³-hybridized carbons (Fsp3) is 0.200. The van der Waals surface area contributed by atoms with E-state index in [0.717, 1.165) is 0 Å². The second-order valence-corrected chi connectivity index (χ2v) is 3.20. The first-order valence-electron chi connectivity index (χ1n) is 4.36. The molecule has 0 aliphatic heterocycles. The molecular weight excluding hydrogens is 197 g/mol. The van der Waals surface area contributed by atoms with Crippen LogP contribution >= 0.6 is 0 Å². The number of nitrogens with two attached hydrogens (primary N) is 1. The van der Waals surface area contributed by atoms with Crippen LogP contribution in [0.3, 0.4) is 0 Å². The van der Waals surface area contributed by atoms with Crippen LogP contribution in [0.25, 0.3) is 0 Å². The topological polar surface area (TPSA) is 67.5 Å². The van der Waals surface area contributed by atoms with Crippen molar-refractivity contribution in [1.82, 2.24) is 5.43 Å². The van der Waals surface area contributed by atoms with Gasteiger partial charge in [0.25, 0.3) is 0 Å². The van der Waals surface area contributed by atoms with Crippen LogP contribution in [0.15, 0.2) is 17.2 Å². The van der Waals surface area contributed by atoms with Crippen LogP contribution in [-0.4, -0.2) is 12.2 Å². The van der Waals surface area contributed by atoms with Crippen molar-refractivity contribution in [2.45, 2.75) is 13.8 Å². The number of nitrogens with zero attached hydrogens (tertiary/aromatic N) is 1. The number of rotatable bonds is 2. The molecule has 0 saturated carbocycles. The molecule has 0 spiro atoms. The molecule has 0 aliphatic rings. The molecular formula is C10H12FN3O. The third-order valence-corrected chi connectivity index (χ3v) is 1.85. The Bertz CT molecular complexity index is 392. The largest absolute Gasteiger partial charge is 0.350 e. The number of carbonyl (C=O) groups is 1. The van der Waals surface area contributed by atoms with Crippen molar-refractivity contribution in [2.24, 2.45) is 10.8 Å². The van der Waals surface area contributed by atoms with Crippen LogP contribution in [-0.2, 0) is 0 Å². The molecule has 0 fully saturated rings. The van der Waals surface area contributed by atoms with Gasteiger partial charge in [0.2, 0.25) is 0 Å². The van der Waals surface area contributed by atoms with E-state index in [-0.39, 0.29) is 5.82 Å². The summed E-state index contributed by atoms with van der Waals surface area (Å²) < 4.78 is 13.2. The van der Waals surface area contributed by atoms with E-state index in [9.17, 15) is 9.18 Å². The maximum absolute atomic E-state index is 13.2. The average Bonchev–Trinajstić information content (AvgIpc) is 2.13. The summed E-state index contributed by atoms with van der Waals surface area (Å²) in [6.07, 6.45) is 1.41. The molecule has 1 aromatic rings. The predicted molar refractivity (Wildman–Crippen MR) is 56.2 cm³/mol. The molecule has 80 valence electrons. The molecule has 3 N–H and O–H groups in total. The number of urea groups is 1. The summed E-state index contributed by atoms with van der Waals surface area (Å²) in [4.78, 5) is 10.3. The highest BCUT2D eigenvalue weighted by Crippen LogP contribution is 2.13. The van der Waals surface area contributed by atoms with Crippen molar-refractivity contribution in [3.05, 3.63) is 34.6 Å². The summed E-state index contributed by atoms with van der Waals surface area (Å²) in [5, 5.41) is 3.58. The molecule has 1 rings (SSSR count). The fourth-order valence-electron chi connectivity index (χ4n) is 1.22. The SMILES string of the molecule is Cc1cc(C=NNC(N)=O)cc(C)c1F. The Balaban J connectivity index is 2.87. The van der Waals surface area contributed by atoms with E-state index >= 15 is 0 Å². The molecule has 0 radical (unpaired) electrons. The molecule has 0 unspecified atom stereocenters. The van der Waals surface area contributed by atoms with Gasteiger partial charge in [-0.05, 0) is 42.7 Å². The van der Waals surface area contributed by atoms with E-state index in [0.29, 0.717) is 16.7 Å². The van der Waals surface area contributed by atoms with Crippen LogP contribution in [0.1, 0.15) is 16.7 Å². The maximum atomic E-state index is 13.2. The molecule has 0 heterocycles. The van der Waals surface area contributed by atoms with Crippen molar-refractivity contribution in [3.63, 3.8) is 0 Å². The standard InChI is InChI=1S/C10H12FN3O/c1-6-3-8(4-7(2)9(6)11)5-13-14-10(12)15/h3-5H,1-2H3,(H3,12,14,15). The summed E-state index contributed by atoms with van der Waals surface area (Å²) in [6, 6.07) is 2.53. The monoisotopic (exact) mass is 209 g/mol. The van der Waals surface area contributed by atoms with Gasteiger partial charge >= 0.3 is 6.03 Å². The number of carbonyl (C=O) groups excluding carboxylic acids is 1. The number of hydrogen-bond acceptors (Lipinski definition) is 2. The molecule has 1 aromatic carbocycles. The van der Waals surface area contributed by atoms with Gasteiger partial charge in [-0.3, -0.25) is 0 Å².